The van der Waals surface area contributed by atoms with Crippen molar-refractivity contribution in [1.29, 1.82) is 0 Å². The molecule has 0 radical (unpaired) electrons. The Balaban J connectivity index is 2.72. The first kappa shape index (κ1) is 24.3. The van der Waals surface area contributed by atoms with Crippen LogP contribution in [0, 0.1) is 0 Å². The zero-order valence-corrected chi connectivity index (χ0v) is 19.5. The van der Waals surface area contributed by atoms with Gasteiger partial charge in [-0.3, -0.25) is 0 Å². The molecule has 0 fully saturated rings. The van der Waals surface area contributed by atoms with Crippen LogP contribution in [0.4, 0.5) is 0 Å². The normalized spacial score (nSPS) is 11.2. The van der Waals surface area contributed by atoms with Crippen LogP contribution in [0.25, 0.3) is 0 Å². The van der Waals surface area contributed by atoms with E-state index in [1.807, 2.05) is 26.0 Å². The van der Waals surface area contributed by atoms with Crippen LogP contribution in [-0.4, -0.2) is 10.2 Å². The quantitative estimate of drug-likeness (QED) is 0.405. The van der Waals surface area contributed by atoms with Gasteiger partial charge < -0.3 is 10.2 Å². The molecule has 0 aliphatic carbocycles. The van der Waals surface area contributed by atoms with Gasteiger partial charge in [-0.05, 0) is 72.9 Å². The molecule has 0 aromatic heterocycles. The zero-order valence-electron chi connectivity index (χ0n) is 19.5. The van der Waals surface area contributed by atoms with E-state index in [2.05, 4.69) is 64.4 Å². The smallest absolute Gasteiger partial charge is 0.122 e. The van der Waals surface area contributed by atoms with Crippen LogP contribution < -0.4 is 0 Å². The van der Waals surface area contributed by atoms with Crippen molar-refractivity contribution in [2.24, 2.45) is 0 Å². The molecule has 0 aliphatic rings. The summed E-state index contributed by atoms with van der Waals surface area (Å²) in [4.78, 5) is 0. The van der Waals surface area contributed by atoms with E-state index >= 15 is 0 Å². The van der Waals surface area contributed by atoms with E-state index in [-0.39, 0.29) is 5.41 Å². The lowest BCUT2D eigenvalue weighted by atomic mass is 9.75. The standard InChI is InChI=1S/C29H36O2/c1-9-11-21-15-25(17-23(27(21)30)13-19(3)4)29(7,8)26-16-22(12-10-2)28(31)24(18-26)14-20(5)6/h9-10,15-18,30-31H,1-3,5,11-14H2,4,6-8H3. The third-order valence-corrected chi connectivity index (χ3v) is 5.69. The van der Waals surface area contributed by atoms with Crippen LogP contribution in [0.15, 0.2) is 73.9 Å². The van der Waals surface area contributed by atoms with Gasteiger partial charge >= 0.3 is 0 Å². The van der Waals surface area contributed by atoms with Gasteiger partial charge in [-0.1, -0.05) is 74.6 Å². The van der Waals surface area contributed by atoms with Gasteiger partial charge in [-0.2, -0.15) is 0 Å². The lowest BCUT2D eigenvalue weighted by Crippen LogP contribution is -2.20. The van der Waals surface area contributed by atoms with Crippen LogP contribution in [0.1, 0.15) is 61.1 Å². The van der Waals surface area contributed by atoms with Gasteiger partial charge in [0.25, 0.3) is 0 Å². The molecule has 2 heteroatoms. The molecule has 2 aromatic carbocycles. The van der Waals surface area contributed by atoms with E-state index in [4.69, 9.17) is 0 Å². The first-order valence-corrected chi connectivity index (χ1v) is 10.7. The van der Waals surface area contributed by atoms with Crippen LogP contribution in [0.5, 0.6) is 11.5 Å². The van der Waals surface area contributed by atoms with Crippen LogP contribution in [0.3, 0.4) is 0 Å². The first-order chi connectivity index (χ1) is 14.5. The second-order valence-corrected chi connectivity index (χ2v) is 9.16. The summed E-state index contributed by atoms with van der Waals surface area (Å²) < 4.78 is 0. The number of hydrogen-bond acceptors (Lipinski definition) is 2. The Labute approximate surface area is 188 Å². The maximum atomic E-state index is 10.8. The van der Waals surface area contributed by atoms with E-state index in [1.54, 1.807) is 0 Å². The molecule has 164 valence electrons. The van der Waals surface area contributed by atoms with Gasteiger partial charge in [0.15, 0.2) is 0 Å². The molecule has 0 saturated carbocycles. The van der Waals surface area contributed by atoms with Gasteiger partial charge in [0.05, 0.1) is 0 Å². The summed E-state index contributed by atoms with van der Waals surface area (Å²) in [5.41, 5.74) is 7.34. The monoisotopic (exact) mass is 416 g/mol. The summed E-state index contributed by atoms with van der Waals surface area (Å²) in [6.07, 6.45) is 6.05. The highest BCUT2D eigenvalue weighted by atomic mass is 16.3. The molecule has 31 heavy (non-hydrogen) atoms. The lowest BCUT2D eigenvalue weighted by molar-refractivity contribution is 0.461. The van der Waals surface area contributed by atoms with Gasteiger partial charge in [0, 0.05) is 5.41 Å². The molecule has 0 unspecified atom stereocenters. The van der Waals surface area contributed by atoms with Crippen molar-refractivity contribution in [3.8, 4) is 11.5 Å². The van der Waals surface area contributed by atoms with E-state index in [0.717, 1.165) is 44.5 Å². The highest BCUT2D eigenvalue weighted by molar-refractivity contribution is 5.54. The summed E-state index contributed by atoms with van der Waals surface area (Å²) in [5.74, 6) is 0.645. The largest absolute Gasteiger partial charge is 0.507 e. The van der Waals surface area contributed by atoms with E-state index in [0.29, 0.717) is 37.2 Å². The molecule has 0 saturated heterocycles. The maximum absolute atomic E-state index is 10.8. The van der Waals surface area contributed by atoms with E-state index in [9.17, 15) is 10.2 Å². The Kier molecular flexibility index (Phi) is 7.73. The first-order valence-electron chi connectivity index (χ1n) is 10.7. The Hall–Kier alpha value is -3.00. The average molecular weight is 417 g/mol. The summed E-state index contributed by atoms with van der Waals surface area (Å²) in [5, 5.41) is 21.6. The molecule has 0 atom stereocenters. The second-order valence-electron chi connectivity index (χ2n) is 9.16. The zero-order chi connectivity index (χ0) is 23.3. The highest BCUT2D eigenvalue weighted by Gasteiger charge is 2.27. The molecule has 2 N–H and O–H groups in total. The van der Waals surface area contributed by atoms with Crippen molar-refractivity contribution in [3.63, 3.8) is 0 Å². The fourth-order valence-corrected chi connectivity index (χ4v) is 3.95. The van der Waals surface area contributed by atoms with Gasteiger partial charge in [-0.25, -0.2) is 0 Å². The van der Waals surface area contributed by atoms with Gasteiger partial charge in [0.2, 0.25) is 0 Å². The van der Waals surface area contributed by atoms with Gasteiger partial charge in [-0.15, -0.1) is 13.2 Å². The molecule has 0 aliphatic heterocycles. The van der Waals surface area contributed by atoms with Crippen molar-refractivity contribution in [3.05, 3.63) is 107 Å². The Morgan fingerprint density at radius 2 is 1.06 bits per heavy atom. The van der Waals surface area contributed by atoms with Crippen molar-refractivity contribution in [2.45, 2.75) is 58.8 Å². The number of allylic oxidation sites excluding steroid dienone is 4. The number of phenols is 2. The molecule has 2 rings (SSSR count). The van der Waals surface area contributed by atoms with E-state index < -0.39 is 0 Å². The number of hydrogen-bond donors (Lipinski definition) is 2. The SMILES string of the molecule is C=CCc1cc(C(C)(C)c2cc(CC=C)c(O)c(CC(=C)C)c2)cc(CC(=C)C)c1O. The second kappa shape index (κ2) is 9.87. The molecule has 0 amide bonds. The van der Waals surface area contributed by atoms with Crippen LogP contribution in [0.2, 0.25) is 0 Å². The Bertz CT molecular complexity index is 940. The number of benzene rings is 2. The van der Waals surface area contributed by atoms with Crippen molar-refractivity contribution >= 4 is 0 Å². The number of aromatic hydroxyl groups is 2. The maximum Gasteiger partial charge on any atom is 0.122 e. The predicted molar refractivity (Wildman–Crippen MR) is 133 cm³/mol. The third-order valence-electron chi connectivity index (χ3n) is 5.69. The molecule has 0 heterocycles. The van der Waals surface area contributed by atoms with Gasteiger partial charge in [0.1, 0.15) is 11.5 Å². The van der Waals surface area contributed by atoms with Crippen molar-refractivity contribution in [1.82, 2.24) is 0 Å². The molecule has 0 bridgehead atoms. The molecular formula is C29H36O2. The number of rotatable bonds is 10. The third kappa shape index (κ3) is 5.58. The Morgan fingerprint density at radius 1 is 0.742 bits per heavy atom. The molecule has 2 nitrogen and oxygen atoms in total. The summed E-state index contributed by atoms with van der Waals surface area (Å²) >= 11 is 0. The minimum atomic E-state index is -0.346. The summed E-state index contributed by atoms with van der Waals surface area (Å²) in [7, 11) is 0. The fourth-order valence-electron chi connectivity index (χ4n) is 3.95. The minimum absolute atomic E-state index is 0.323. The lowest BCUT2D eigenvalue weighted by Gasteiger charge is -2.29. The average Bonchev–Trinajstić information content (AvgIpc) is 2.67. The topological polar surface area (TPSA) is 40.5 Å². The van der Waals surface area contributed by atoms with Crippen molar-refractivity contribution in [2.75, 3.05) is 0 Å². The molecule has 2 aromatic rings. The van der Waals surface area contributed by atoms with Crippen molar-refractivity contribution < 1.29 is 10.2 Å². The fraction of sp³-hybridized carbons (Fsp3) is 0.310. The summed E-state index contributed by atoms with van der Waals surface area (Å²) in [6.45, 7) is 24.0. The molecular weight excluding hydrogens is 380 g/mol. The molecule has 0 spiro atoms. The highest BCUT2D eigenvalue weighted by Crippen LogP contribution is 2.39. The number of phenolic OH excluding ortho intramolecular Hbond substituents is 2. The van der Waals surface area contributed by atoms with E-state index in [1.165, 1.54) is 0 Å². The Morgan fingerprint density at radius 3 is 1.35 bits per heavy atom. The summed E-state index contributed by atoms with van der Waals surface area (Å²) in [6, 6.07) is 8.29. The predicted octanol–water partition coefficient (Wildman–Crippen LogP) is 7.12. The van der Waals surface area contributed by atoms with Crippen LogP contribution in [-0.2, 0) is 31.1 Å². The minimum Gasteiger partial charge on any atom is -0.507 e. The van der Waals surface area contributed by atoms with Crippen LogP contribution >= 0.6 is 0 Å².